The number of rotatable bonds is 6. The summed E-state index contributed by atoms with van der Waals surface area (Å²) in [4.78, 5) is 10.4. The molecule has 3 aliphatic rings. The maximum Gasteiger partial charge on any atom is 0.419 e. The quantitative estimate of drug-likeness (QED) is 0.224. The minimum absolute atomic E-state index is 0.0237. The van der Waals surface area contributed by atoms with E-state index in [9.17, 15) is 18.4 Å². The molecule has 46 heavy (non-hydrogen) atoms. The molecule has 0 spiro atoms. The van der Waals surface area contributed by atoms with Crippen LogP contribution in [0.15, 0.2) is 18.2 Å². The first-order valence-corrected chi connectivity index (χ1v) is 15.7. The number of alkyl halides is 5. The molecule has 7 rings (SSSR count). The normalized spacial score (nSPS) is 25.0. The molecule has 3 aliphatic heterocycles. The highest BCUT2D eigenvalue weighted by atomic mass is 35.5. The number of hydrogen-bond acceptors (Lipinski definition) is 9. The van der Waals surface area contributed by atoms with Crippen molar-refractivity contribution in [2.45, 2.75) is 49.4 Å². The molecule has 3 N–H and O–H groups in total. The van der Waals surface area contributed by atoms with Crippen molar-refractivity contribution in [3.8, 4) is 29.1 Å². The zero-order chi connectivity index (χ0) is 32.5. The van der Waals surface area contributed by atoms with E-state index in [2.05, 4.69) is 15.3 Å². The largest absolute Gasteiger partial charge is 0.469 e. The fourth-order valence-electron chi connectivity index (χ4n) is 6.92. The zero-order valence-electron chi connectivity index (χ0n) is 23.9. The van der Waals surface area contributed by atoms with E-state index in [1.807, 2.05) is 11.0 Å². The standard InChI is InChI=1S/C30H25ClF6N6O2S/c31-17-6-15-24(23(30(35,36)37)22(17)14-2-3-18(33)25-21(14)16(8-38)26(39)46-25)41-28(42-27(15)45-20-10-40-9-19(20)34)44-12-29-4-1-5-43(29)11-13(32)7-29/h2-3,6,13,19-20,40H,1,4-5,7,9-12,39H2/t13-,19-,20-,29+/m1/s1. The molecule has 0 unspecified atom stereocenters. The van der Waals surface area contributed by atoms with Crippen LogP contribution in [0.4, 0.5) is 31.3 Å². The molecule has 8 nitrogen and oxygen atoms in total. The van der Waals surface area contributed by atoms with Crippen molar-refractivity contribution in [1.82, 2.24) is 20.2 Å². The molecule has 0 radical (unpaired) electrons. The summed E-state index contributed by atoms with van der Waals surface area (Å²) in [5, 5.41) is 11.7. The van der Waals surface area contributed by atoms with Crippen molar-refractivity contribution in [3.05, 3.63) is 40.2 Å². The molecule has 3 fully saturated rings. The topological polar surface area (TPSA) is 109 Å². The number of benzene rings is 2. The minimum atomic E-state index is -5.11. The Balaban J connectivity index is 1.45. The predicted octanol–water partition coefficient (Wildman–Crippen LogP) is 6.42. The van der Waals surface area contributed by atoms with Crippen molar-refractivity contribution < 1.29 is 35.8 Å². The molecule has 4 atom stereocenters. The highest BCUT2D eigenvalue weighted by Gasteiger charge is 2.49. The SMILES string of the molecule is N#Cc1c(N)sc2c(F)ccc(-c3c(Cl)cc4c(O[C@@H]5CNC[C@H]5F)nc(OC[C@@]56CCCN5C[C@H](F)C6)nc4c3C(F)(F)F)c12. The first-order chi connectivity index (χ1) is 21.9. The molecule has 0 saturated carbocycles. The van der Waals surface area contributed by atoms with Gasteiger partial charge in [-0.1, -0.05) is 17.7 Å². The van der Waals surface area contributed by atoms with E-state index < -0.39 is 63.7 Å². The van der Waals surface area contributed by atoms with E-state index in [4.69, 9.17) is 26.8 Å². The summed E-state index contributed by atoms with van der Waals surface area (Å²) in [7, 11) is 0. The average Bonchev–Trinajstić information content (AvgIpc) is 3.74. The number of aromatic nitrogens is 2. The Bertz CT molecular complexity index is 1920. The lowest BCUT2D eigenvalue weighted by Crippen LogP contribution is -2.43. The molecule has 5 heterocycles. The van der Waals surface area contributed by atoms with Gasteiger partial charge in [-0.2, -0.15) is 28.4 Å². The highest BCUT2D eigenvalue weighted by molar-refractivity contribution is 7.23. The number of hydrogen-bond donors (Lipinski definition) is 2. The summed E-state index contributed by atoms with van der Waals surface area (Å²) in [6.45, 7) is 0.847. The number of halogens is 7. The van der Waals surface area contributed by atoms with Crippen molar-refractivity contribution in [1.29, 1.82) is 5.26 Å². The second-order valence-corrected chi connectivity index (χ2v) is 13.2. The maximum atomic E-state index is 15.2. The van der Waals surface area contributed by atoms with Gasteiger partial charge in [0, 0.05) is 42.0 Å². The number of nitrogens with zero attached hydrogens (tertiary/aromatic N) is 4. The number of fused-ring (bicyclic) bond motifs is 3. The second kappa shape index (κ2) is 11.3. The van der Waals surface area contributed by atoms with Gasteiger partial charge in [-0.3, -0.25) is 4.90 Å². The molecular weight excluding hydrogens is 658 g/mol. The summed E-state index contributed by atoms with van der Waals surface area (Å²) in [6.07, 6.45) is -7.11. The number of anilines is 1. The van der Waals surface area contributed by atoms with E-state index in [1.165, 1.54) is 0 Å². The highest BCUT2D eigenvalue weighted by Crippen LogP contribution is 2.50. The zero-order valence-corrected chi connectivity index (χ0v) is 25.4. The van der Waals surface area contributed by atoms with Gasteiger partial charge < -0.3 is 20.5 Å². The van der Waals surface area contributed by atoms with Gasteiger partial charge in [-0.15, -0.1) is 11.3 Å². The Morgan fingerprint density at radius 1 is 1.24 bits per heavy atom. The Labute approximate surface area is 267 Å². The van der Waals surface area contributed by atoms with Crippen LogP contribution in [0.3, 0.4) is 0 Å². The van der Waals surface area contributed by atoms with Crippen LogP contribution in [-0.2, 0) is 6.18 Å². The summed E-state index contributed by atoms with van der Waals surface area (Å²) >= 11 is 7.32. The number of ether oxygens (including phenoxy) is 2. The van der Waals surface area contributed by atoms with Gasteiger partial charge in [0.1, 0.15) is 35.8 Å². The number of nitrogen functional groups attached to an aromatic ring is 1. The van der Waals surface area contributed by atoms with E-state index in [0.717, 1.165) is 36.0 Å². The van der Waals surface area contributed by atoms with Gasteiger partial charge in [-0.05, 0) is 37.1 Å². The molecule has 0 amide bonds. The van der Waals surface area contributed by atoms with E-state index in [-0.39, 0.29) is 70.1 Å². The molecule has 242 valence electrons. The first kappa shape index (κ1) is 31.0. The van der Waals surface area contributed by atoms with E-state index >= 15 is 13.2 Å². The van der Waals surface area contributed by atoms with E-state index in [1.54, 1.807) is 0 Å². The molecule has 16 heteroatoms. The lowest BCUT2D eigenvalue weighted by molar-refractivity contribution is -0.135. The van der Waals surface area contributed by atoms with Crippen molar-refractivity contribution >= 4 is 48.9 Å². The third-order valence-electron chi connectivity index (χ3n) is 8.95. The monoisotopic (exact) mass is 682 g/mol. The fraction of sp³-hybridized carbons (Fsp3) is 0.433. The summed E-state index contributed by atoms with van der Waals surface area (Å²) < 4.78 is 101. The van der Waals surface area contributed by atoms with Crippen LogP contribution in [0.1, 0.15) is 30.4 Å². The first-order valence-electron chi connectivity index (χ1n) is 14.5. The maximum absolute atomic E-state index is 15.2. The lowest BCUT2D eigenvalue weighted by atomic mass is 9.92. The predicted molar refractivity (Wildman–Crippen MR) is 160 cm³/mol. The van der Waals surface area contributed by atoms with Crippen LogP contribution in [0.2, 0.25) is 5.02 Å². The molecule has 4 aromatic rings. The lowest BCUT2D eigenvalue weighted by Gasteiger charge is -2.31. The van der Waals surface area contributed by atoms with Gasteiger partial charge in [0.15, 0.2) is 6.17 Å². The summed E-state index contributed by atoms with van der Waals surface area (Å²) in [6, 6.07) is 4.61. The molecule has 0 bridgehead atoms. The van der Waals surface area contributed by atoms with Crippen LogP contribution in [0.25, 0.3) is 32.1 Å². The second-order valence-electron chi connectivity index (χ2n) is 11.8. The Kier molecular flexibility index (Phi) is 7.62. The molecular formula is C30H25ClF6N6O2S. The number of nitrogens with two attached hydrogens (primary N) is 1. The summed E-state index contributed by atoms with van der Waals surface area (Å²) in [5.41, 5.74) is 2.35. The van der Waals surface area contributed by atoms with Crippen LogP contribution in [0, 0.1) is 17.1 Å². The Morgan fingerprint density at radius 2 is 2.04 bits per heavy atom. The van der Waals surface area contributed by atoms with Crippen LogP contribution >= 0.6 is 22.9 Å². The third-order valence-corrected chi connectivity index (χ3v) is 10.3. The molecule has 0 aliphatic carbocycles. The van der Waals surface area contributed by atoms with Gasteiger partial charge in [0.05, 0.1) is 32.3 Å². The van der Waals surface area contributed by atoms with Crippen LogP contribution < -0.4 is 20.5 Å². The third kappa shape index (κ3) is 5.06. The summed E-state index contributed by atoms with van der Waals surface area (Å²) in [5.74, 6) is -1.16. The van der Waals surface area contributed by atoms with Crippen molar-refractivity contribution in [2.24, 2.45) is 0 Å². The molecule has 2 aromatic carbocycles. The number of nitrogens with one attached hydrogen (secondary N) is 1. The molecule has 3 saturated heterocycles. The fourth-order valence-corrected chi connectivity index (χ4v) is 8.17. The van der Waals surface area contributed by atoms with Gasteiger partial charge in [0.25, 0.3) is 0 Å². The van der Waals surface area contributed by atoms with Crippen LogP contribution in [-0.4, -0.2) is 71.6 Å². The van der Waals surface area contributed by atoms with Crippen molar-refractivity contribution in [3.63, 3.8) is 0 Å². The van der Waals surface area contributed by atoms with Gasteiger partial charge in [-0.25, -0.2) is 13.2 Å². The number of thiophene rings is 1. The van der Waals surface area contributed by atoms with Gasteiger partial charge >= 0.3 is 12.2 Å². The average molecular weight is 683 g/mol. The number of nitriles is 1. The smallest absolute Gasteiger partial charge is 0.419 e. The van der Waals surface area contributed by atoms with Crippen molar-refractivity contribution in [2.75, 3.05) is 38.5 Å². The Morgan fingerprint density at radius 3 is 2.76 bits per heavy atom. The van der Waals surface area contributed by atoms with Crippen LogP contribution in [0.5, 0.6) is 11.9 Å². The van der Waals surface area contributed by atoms with E-state index in [0.29, 0.717) is 13.0 Å². The Hall–Kier alpha value is -3.58. The van der Waals surface area contributed by atoms with Gasteiger partial charge in [0.2, 0.25) is 5.88 Å². The molecule has 2 aromatic heterocycles. The minimum Gasteiger partial charge on any atom is -0.469 e.